The van der Waals surface area contributed by atoms with Gasteiger partial charge in [0.15, 0.2) is 0 Å². The van der Waals surface area contributed by atoms with Crippen LogP contribution in [0.25, 0.3) is 0 Å². The highest BCUT2D eigenvalue weighted by Crippen LogP contribution is 2.14. The summed E-state index contributed by atoms with van der Waals surface area (Å²) in [6, 6.07) is 6.51. The van der Waals surface area contributed by atoms with E-state index in [0.717, 1.165) is 5.75 Å². The quantitative estimate of drug-likeness (QED) is 0.781. The van der Waals surface area contributed by atoms with Gasteiger partial charge in [-0.15, -0.1) is 0 Å². The van der Waals surface area contributed by atoms with Crippen molar-refractivity contribution in [3.63, 3.8) is 0 Å². The normalized spacial score (nSPS) is 12.0. The predicted octanol–water partition coefficient (Wildman–Crippen LogP) is 0.439. The van der Waals surface area contributed by atoms with Crippen LogP contribution in [0.5, 0.6) is 5.75 Å². The van der Waals surface area contributed by atoms with Crippen LogP contribution < -0.4 is 15.8 Å². The van der Waals surface area contributed by atoms with Gasteiger partial charge in [-0.05, 0) is 38.2 Å². The highest BCUT2D eigenvalue weighted by Gasteiger charge is 2.17. The van der Waals surface area contributed by atoms with E-state index >= 15 is 0 Å². The number of hydrogen-bond acceptors (Lipinski definition) is 4. The highest BCUT2D eigenvalue weighted by atomic mass is 16.5. The monoisotopic (exact) mass is 265 g/mol. The number of hydrogen-bond donors (Lipinski definition) is 2. The lowest BCUT2D eigenvalue weighted by Crippen LogP contribution is -2.43. The number of likely N-dealkylation sites (N-methyl/N-ethyl adjacent to an activating group) is 1. The van der Waals surface area contributed by atoms with Gasteiger partial charge in [0.2, 0.25) is 11.8 Å². The fourth-order valence-electron chi connectivity index (χ4n) is 1.46. The molecule has 1 unspecified atom stereocenters. The van der Waals surface area contributed by atoms with E-state index in [0.29, 0.717) is 5.69 Å². The Bertz CT molecular complexity index is 445. The second-order valence-electron chi connectivity index (χ2n) is 4.27. The summed E-state index contributed by atoms with van der Waals surface area (Å²) in [5.41, 5.74) is 5.84. The molecule has 1 atom stereocenters. The van der Waals surface area contributed by atoms with Crippen molar-refractivity contribution in [1.29, 1.82) is 0 Å². The molecule has 6 nitrogen and oxygen atoms in total. The summed E-state index contributed by atoms with van der Waals surface area (Å²) in [4.78, 5) is 24.3. The molecule has 104 valence electrons. The number of anilines is 1. The molecule has 0 heterocycles. The summed E-state index contributed by atoms with van der Waals surface area (Å²) in [6.45, 7) is 1.75. The number of carbonyl (C=O) groups is 2. The van der Waals surface area contributed by atoms with Crippen molar-refractivity contribution >= 4 is 17.5 Å². The van der Waals surface area contributed by atoms with E-state index in [2.05, 4.69) is 5.32 Å². The predicted molar refractivity (Wildman–Crippen MR) is 72.9 cm³/mol. The fourth-order valence-corrected chi connectivity index (χ4v) is 1.46. The van der Waals surface area contributed by atoms with Gasteiger partial charge in [0.05, 0.1) is 19.7 Å². The van der Waals surface area contributed by atoms with Gasteiger partial charge in [0, 0.05) is 5.69 Å². The molecule has 0 radical (unpaired) electrons. The van der Waals surface area contributed by atoms with Crippen molar-refractivity contribution in [3.8, 4) is 5.75 Å². The minimum atomic E-state index is -0.485. The molecular formula is C13H19N3O3. The van der Waals surface area contributed by atoms with Crippen LogP contribution in [-0.4, -0.2) is 43.5 Å². The molecule has 2 amide bonds. The van der Waals surface area contributed by atoms with Gasteiger partial charge in [-0.2, -0.15) is 0 Å². The van der Waals surface area contributed by atoms with E-state index in [1.54, 1.807) is 50.2 Å². The third kappa shape index (κ3) is 4.59. The Morgan fingerprint density at radius 3 is 2.42 bits per heavy atom. The minimum absolute atomic E-state index is 0.0934. The number of methoxy groups -OCH3 is 1. The van der Waals surface area contributed by atoms with Gasteiger partial charge < -0.3 is 15.8 Å². The van der Waals surface area contributed by atoms with Crippen LogP contribution in [0.2, 0.25) is 0 Å². The van der Waals surface area contributed by atoms with Gasteiger partial charge in [0.25, 0.3) is 0 Å². The molecule has 0 fully saturated rings. The Balaban J connectivity index is 2.52. The third-order valence-corrected chi connectivity index (χ3v) is 2.84. The maximum atomic E-state index is 11.8. The van der Waals surface area contributed by atoms with Crippen LogP contribution in [0.4, 0.5) is 5.69 Å². The van der Waals surface area contributed by atoms with E-state index in [9.17, 15) is 9.59 Å². The molecule has 1 aromatic rings. The first-order valence-electron chi connectivity index (χ1n) is 5.87. The second-order valence-corrected chi connectivity index (χ2v) is 4.27. The summed E-state index contributed by atoms with van der Waals surface area (Å²) in [5, 5.41) is 2.73. The molecule has 0 aromatic heterocycles. The topological polar surface area (TPSA) is 84.7 Å². The van der Waals surface area contributed by atoms with Gasteiger partial charge in [0.1, 0.15) is 5.75 Å². The maximum Gasteiger partial charge on any atom is 0.238 e. The number of rotatable bonds is 6. The van der Waals surface area contributed by atoms with Crippen molar-refractivity contribution in [2.24, 2.45) is 5.73 Å². The molecule has 1 rings (SSSR count). The molecule has 0 aliphatic rings. The lowest BCUT2D eigenvalue weighted by molar-refractivity contribution is -0.123. The lowest BCUT2D eigenvalue weighted by atomic mass is 10.2. The van der Waals surface area contributed by atoms with E-state index in [1.807, 2.05) is 0 Å². The van der Waals surface area contributed by atoms with Crippen LogP contribution in [0, 0.1) is 0 Å². The van der Waals surface area contributed by atoms with Gasteiger partial charge in [-0.25, -0.2) is 0 Å². The van der Waals surface area contributed by atoms with Gasteiger partial charge in [-0.3, -0.25) is 14.5 Å². The second kappa shape index (κ2) is 6.75. The molecule has 0 spiro atoms. The average Bonchev–Trinajstić information content (AvgIpc) is 2.38. The third-order valence-electron chi connectivity index (χ3n) is 2.84. The minimum Gasteiger partial charge on any atom is -0.497 e. The smallest absolute Gasteiger partial charge is 0.238 e. The maximum absolute atomic E-state index is 11.8. The molecule has 0 aliphatic carbocycles. The van der Waals surface area contributed by atoms with Crippen LogP contribution in [0.3, 0.4) is 0 Å². The number of benzene rings is 1. The summed E-state index contributed by atoms with van der Waals surface area (Å²) in [5.74, 6) is 0.0537. The standard InChI is InChI=1S/C13H19N3O3/c1-9(13(14)18)16(2)8-12(17)15-10-4-6-11(19-3)7-5-10/h4-7,9H,8H2,1-3H3,(H2,14,18)(H,15,17). The Hall–Kier alpha value is -2.08. The highest BCUT2D eigenvalue weighted by molar-refractivity contribution is 5.92. The Morgan fingerprint density at radius 2 is 1.95 bits per heavy atom. The zero-order valence-electron chi connectivity index (χ0n) is 11.3. The van der Waals surface area contributed by atoms with Crippen LogP contribution in [0.15, 0.2) is 24.3 Å². The number of amides is 2. The number of nitrogens with two attached hydrogens (primary N) is 1. The molecule has 1 aromatic carbocycles. The first kappa shape index (κ1) is 15.0. The number of primary amides is 1. The summed E-state index contributed by atoms with van der Waals surface area (Å²) < 4.78 is 5.02. The average molecular weight is 265 g/mol. The lowest BCUT2D eigenvalue weighted by Gasteiger charge is -2.21. The first-order chi connectivity index (χ1) is 8.93. The van der Waals surface area contributed by atoms with Crippen molar-refractivity contribution < 1.29 is 14.3 Å². The van der Waals surface area contributed by atoms with Gasteiger partial charge in [-0.1, -0.05) is 0 Å². The summed E-state index contributed by atoms with van der Waals surface area (Å²) in [7, 11) is 3.25. The Labute approximate surface area is 112 Å². The van der Waals surface area contributed by atoms with E-state index < -0.39 is 11.9 Å². The van der Waals surface area contributed by atoms with Crippen LogP contribution in [0.1, 0.15) is 6.92 Å². The van der Waals surface area contributed by atoms with Gasteiger partial charge >= 0.3 is 0 Å². The molecule has 0 aliphatic heterocycles. The molecular weight excluding hydrogens is 246 g/mol. The number of carbonyl (C=O) groups excluding carboxylic acids is 2. The zero-order valence-corrected chi connectivity index (χ0v) is 11.3. The Kier molecular flexibility index (Phi) is 5.32. The van der Waals surface area contributed by atoms with Crippen molar-refractivity contribution in [2.45, 2.75) is 13.0 Å². The first-order valence-corrected chi connectivity index (χ1v) is 5.87. The van der Waals surface area contributed by atoms with E-state index in [-0.39, 0.29) is 12.5 Å². The molecule has 0 saturated heterocycles. The summed E-state index contributed by atoms with van der Waals surface area (Å²) in [6.07, 6.45) is 0. The number of nitrogens with one attached hydrogen (secondary N) is 1. The largest absolute Gasteiger partial charge is 0.497 e. The van der Waals surface area contributed by atoms with Crippen molar-refractivity contribution in [1.82, 2.24) is 4.90 Å². The van der Waals surface area contributed by atoms with Crippen molar-refractivity contribution in [2.75, 3.05) is 26.0 Å². The van der Waals surface area contributed by atoms with Crippen LogP contribution in [-0.2, 0) is 9.59 Å². The zero-order chi connectivity index (χ0) is 14.4. The molecule has 0 bridgehead atoms. The number of ether oxygens (including phenoxy) is 1. The summed E-state index contributed by atoms with van der Waals surface area (Å²) >= 11 is 0. The number of nitrogens with zero attached hydrogens (tertiary/aromatic N) is 1. The van der Waals surface area contributed by atoms with Crippen molar-refractivity contribution in [3.05, 3.63) is 24.3 Å². The molecule has 19 heavy (non-hydrogen) atoms. The van der Waals surface area contributed by atoms with E-state index in [1.165, 1.54) is 0 Å². The fraction of sp³-hybridized carbons (Fsp3) is 0.385. The Morgan fingerprint density at radius 1 is 1.37 bits per heavy atom. The van der Waals surface area contributed by atoms with E-state index in [4.69, 9.17) is 10.5 Å². The molecule has 6 heteroatoms. The SMILES string of the molecule is COc1ccc(NC(=O)CN(C)C(C)C(N)=O)cc1. The van der Waals surface area contributed by atoms with Crippen LogP contribution >= 0.6 is 0 Å². The molecule has 3 N–H and O–H groups in total. The molecule has 0 saturated carbocycles.